The summed E-state index contributed by atoms with van der Waals surface area (Å²) in [6.07, 6.45) is 1.56. The minimum Gasteiger partial charge on any atom is -0.497 e. The third kappa shape index (κ3) is 3.68. The molecule has 9 heteroatoms. The molecule has 0 unspecified atom stereocenters. The standard InChI is InChI=1S/C21H14ClN3O5/c1-29-16-8-6-15(7-9-16)24-12-17(21(26)13-2-4-14(22)5-3-13)20(23-24)18-10-11-19(30-18)25(27)28/h2-12H,1H3. The maximum Gasteiger partial charge on any atom is 0.433 e. The first-order chi connectivity index (χ1) is 14.5. The average molecular weight is 424 g/mol. The third-order valence-electron chi connectivity index (χ3n) is 4.41. The van der Waals surface area contributed by atoms with Gasteiger partial charge in [-0.05, 0) is 54.6 Å². The van der Waals surface area contributed by atoms with Crippen molar-refractivity contribution in [2.45, 2.75) is 0 Å². The molecule has 0 saturated heterocycles. The highest BCUT2D eigenvalue weighted by Crippen LogP contribution is 2.30. The number of rotatable bonds is 6. The van der Waals surface area contributed by atoms with Gasteiger partial charge in [-0.2, -0.15) is 5.10 Å². The van der Waals surface area contributed by atoms with Crippen molar-refractivity contribution in [1.29, 1.82) is 0 Å². The molecule has 0 bridgehead atoms. The zero-order valence-electron chi connectivity index (χ0n) is 15.6. The van der Waals surface area contributed by atoms with E-state index in [9.17, 15) is 14.9 Å². The number of nitrogens with zero attached hydrogens (tertiary/aromatic N) is 3. The number of ether oxygens (including phenoxy) is 1. The van der Waals surface area contributed by atoms with E-state index in [2.05, 4.69) is 5.10 Å². The predicted molar refractivity (Wildman–Crippen MR) is 109 cm³/mol. The summed E-state index contributed by atoms with van der Waals surface area (Å²) in [5, 5.41) is 16.0. The number of ketones is 1. The minimum atomic E-state index is -0.648. The Labute approximate surface area is 175 Å². The van der Waals surface area contributed by atoms with E-state index in [-0.39, 0.29) is 22.8 Å². The van der Waals surface area contributed by atoms with E-state index < -0.39 is 10.8 Å². The Morgan fingerprint density at radius 3 is 2.40 bits per heavy atom. The molecule has 0 radical (unpaired) electrons. The number of halogens is 1. The van der Waals surface area contributed by atoms with Gasteiger partial charge in [0.2, 0.25) is 0 Å². The second kappa shape index (κ2) is 7.84. The first kappa shape index (κ1) is 19.4. The van der Waals surface area contributed by atoms with Crippen molar-refractivity contribution in [1.82, 2.24) is 9.78 Å². The maximum absolute atomic E-state index is 13.1. The molecule has 30 heavy (non-hydrogen) atoms. The highest BCUT2D eigenvalue weighted by Gasteiger charge is 2.24. The van der Waals surface area contributed by atoms with Gasteiger partial charge in [0.15, 0.2) is 11.5 Å². The van der Waals surface area contributed by atoms with E-state index in [1.165, 1.54) is 16.8 Å². The van der Waals surface area contributed by atoms with Gasteiger partial charge >= 0.3 is 5.88 Å². The predicted octanol–water partition coefficient (Wildman–Crippen LogP) is 4.93. The van der Waals surface area contributed by atoms with Gasteiger partial charge in [-0.1, -0.05) is 11.6 Å². The fourth-order valence-corrected chi connectivity index (χ4v) is 3.03. The number of hydrogen-bond donors (Lipinski definition) is 0. The van der Waals surface area contributed by atoms with Crippen molar-refractivity contribution in [3.63, 3.8) is 0 Å². The quantitative estimate of drug-likeness (QED) is 0.247. The average Bonchev–Trinajstić information content (AvgIpc) is 3.41. The lowest BCUT2D eigenvalue weighted by Gasteiger charge is -2.03. The van der Waals surface area contributed by atoms with Crippen molar-refractivity contribution >= 4 is 23.3 Å². The van der Waals surface area contributed by atoms with E-state index in [0.717, 1.165) is 0 Å². The highest BCUT2D eigenvalue weighted by atomic mass is 35.5. The summed E-state index contributed by atoms with van der Waals surface area (Å²) >= 11 is 5.91. The third-order valence-corrected chi connectivity index (χ3v) is 4.66. The first-order valence-corrected chi connectivity index (χ1v) is 9.13. The van der Waals surface area contributed by atoms with Gasteiger partial charge < -0.3 is 9.15 Å². The molecule has 0 aliphatic heterocycles. The second-order valence-corrected chi connectivity index (χ2v) is 6.70. The molecule has 8 nitrogen and oxygen atoms in total. The lowest BCUT2D eigenvalue weighted by Crippen LogP contribution is -2.01. The number of carbonyl (C=O) groups excluding carboxylic acids is 1. The first-order valence-electron chi connectivity index (χ1n) is 8.75. The Balaban J connectivity index is 1.83. The van der Waals surface area contributed by atoms with Crippen molar-refractivity contribution < 1.29 is 18.9 Å². The molecule has 0 aliphatic carbocycles. The molecule has 0 atom stereocenters. The summed E-state index contributed by atoms with van der Waals surface area (Å²) in [5.74, 6) is 0.0332. The number of methoxy groups -OCH3 is 1. The zero-order valence-corrected chi connectivity index (χ0v) is 16.4. The van der Waals surface area contributed by atoms with Crippen LogP contribution in [0, 0.1) is 10.1 Å². The number of hydrogen-bond acceptors (Lipinski definition) is 6. The van der Waals surface area contributed by atoms with Crippen LogP contribution in [0.2, 0.25) is 5.02 Å². The van der Waals surface area contributed by atoms with Crippen LogP contribution in [0.15, 0.2) is 71.3 Å². The van der Waals surface area contributed by atoms with Crippen molar-refractivity contribution in [2.24, 2.45) is 0 Å². The van der Waals surface area contributed by atoms with Gasteiger partial charge in [0.05, 0.1) is 24.4 Å². The molecule has 4 rings (SSSR count). The Morgan fingerprint density at radius 2 is 1.80 bits per heavy atom. The fourth-order valence-electron chi connectivity index (χ4n) is 2.90. The van der Waals surface area contributed by atoms with E-state index in [0.29, 0.717) is 22.0 Å². The van der Waals surface area contributed by atoms with E-state index >= 15 is 0 Å². The molecular formula is C21H14ClN3O5. The molecule has 2 heterocycles. The number of carbonyl (C=O) groups is 1. The Hall–Kier alpha value is -3.91. The van der Waals surface area contributed by atoms with Crippen LogP contribution in [0.5, 0.6) is 5.75 Å². The summed E-state index contributed by atoms with van der Waals surface area (Å²) in [6.45, 7) is 0. The molecule has 0 aliphatic rings. The summed E-state index contributed by atoms with van der Waals surface area (Å²) in [6, 6.07) is 16.1. The van der Waals surface area contributed by atoms with E-state index in [1.807, 2.05) is 0 Å². The van der Waals surface area contributed by atoms with Crippen LogP contribution in [0.1, 0.15) is 15.9 Å². The highest BCUT2D eigenvalue weighted by molar-refractivity contribution is 6.30. The second-order valence-electron chi connectivity index (χ2n) is 6.26. The lowest BCUT2D eigenvalue weighted by atomic mass is 10.0. The zero-order chi connectivity index (χ0) is 21.3. The van der Waals surface area contributed by atoms with Crippen LogP contribution in [0.3, 0.4) is 0 Å². The number of benzene rings is 2. The molecule has 0 fully saturated rings. The molecule has 0 N–H and O–H groups in total. The van der Waals surface area contributed by atoms with E-state index in [4.69, 9.17) is 20.8 Å². The van der Waals surface area contributed by atoms with Crippen molar-refractivity contribution in [2.75, 3.05) is 7.11 Å². The molecular weight excluding hydrogens is 410 g/mol. The molecule has 2 aromatic carbocycles. The van der Waals surface area contributed by atoms with Crippen LogP contribution in [0.25, 0.3) is 17.1 Å². The van der Waals surface area contributed by atoms with Crippen LogP contribution in [0.4, 0.5) is 5.88 Å². The van der Waals surface area contributed by atoms with Gasteiger partial charge in [0, 0.05) is 16.8 Å². The summed E-state index contributed by atoms with van der Waals surface area (Å²) in [7, 11) is 1.56. The topological polar surface area (TPSA) is 100 Å². The van der Waals surface area contributed by atoms with Gasteiger partial charge in [-0.25, -0.2) is 4.68 Å². The van der Waals surface area contributed by atoms with Crippen molar-refractivity contribution in [3.8, 4) is 22.9 Å². The molecule has 0 amide bonds. The summed E-state index contributed by atoms with van der Waals surface area (Å²) in [4.78, 5) is 23.5. The SMILES string of the molecule is COc1ccc(-n2cc(C(=O)c3ccc(Cl)cc3)c(-c3ccc([N+](=O)[O-])o3)n2)cc1. The molecule has 4 aromatic rings. The van der Waals surface area contributed by atoms with Crippen LogP contribution in [-0.4, -0.2) is 27.6 Å². The summed E-state index contributed by atoms with van der Waals surface area (Å²) < 4.78 is 12.0. The van der Waals surface area contributed by atoms with Crippen LogP contribution < -0.4 is 4.74 Å². The largest absolute Gasteiger partial charge is 0.497 e. The normalized spacial score (nSPS) is 10.7. The number of aromatic nitrogens is 2. The molecule has 0 saturated carbocycles. The molecule has 0 spiro atoms. The maximum atomic E-state index is 13.1. The van der Waals surface area contributed by atoms with Crippen molar-refractivity contribution in [3.05, 3.63) is 93.1 Å². The van der Waals surface area contributed by atoms with Gasteiger partial charge in [-0.3, -0.25) is 14.9 Å². The van der Waals surface area contributed by atoms with Crippen LogP contribution in [-0.2, 0) is 0 Å². The van der Waals surface area contributed by atoms with Crippen LogP contribution >= 0.6 is 11.6 Å². The summed E-state index contributed by atoms with van der Waals surface area (Å²) in [5.41, 5.74) is 1.50. The van der Waals surface area contributed by atoms with E-state index in [1.54, 1.807) is 61.8 Å². The van der Waals surface area contributed by atoms with Gasteiger partial charge in [-0.15, -0.1) is 0 Å². The molecule has 150 valence electrons. The number of furan rings is 1. The Kier molecular flexibility index (Phi) is 5.07. The van der Waals surface area contributed by atoms with Gasteiger partial charge in [0.1, 0.15) is 16.4 Å². The smallest absolute Gasteiger partial charge is 0.433 e. The Bertz CT molecular complexity index is 1230. The molecule has 2 aromatic heterocycles. The monoisotopic (exact) mass is 423 g/mol. The fraction of sp³-hybridized carbons (Fsp3) is 0.0476. The number of nitro groups is 1. The minimum absolute atomic E-state index is 0.117. The van der Waals surface area contributed by atoms with Gasteiger partial charge in [0.25, 0.3) is 0 Å². The lowest BCUT2D eigenvalue weighted by molar-refractivity contribution is -0.401. The Morgan fingerprint density at radius 1 is 1.10 bits per heavy atom.